The van der Waals surface area contributed by atoms with E-state index in [2.05, 4.69) is 151 Å². The lowest BCUT2D eigenvalue weighted by Crippen LogP contribution is -2.09. The van der Waals surface area contributed by atoms with Crippen LogP contribution in [0.2, 0.25) is 0 Å². The summed E-state index contributed by atoms with van der Waals surface area (Å²) in [5.74, 6) is 0. The van der Waals surface area contributed by atoms with E-state index in [9.17, 15) is 0 Å². The molecule has 0 radical (unpaired) electrons. The van der Waals surface area contributed by atoms with Gasteiger partial charge in [-0.25, -0.2) is 0 Å². The van der Waals surface area contributed by atoms with Crippen LogP contribution in [-0.4, -0.2) is 16.4 Å². The molecular formula is C55H38N4. The third-order valence-electron chi connectivity index (χ3n) is 11.4. The third-order valence-corrected chi connectivity index (χ3v) is 11.4. The van der Waals surface area contributed by atoms with Gasteiger partial charge in [-0.15, -0.1) is 0 Å². The second-order valence-corrected chi connectivity index (χ2v) is 14.9. The Labute approximate surface area is 342 Å². The SMILES string of the molecule is N=C1C=CC(c2ccc3c(-c4ccc5ccccc5c4)c4ccccc4c(-c4ccc5ccccc5c4)c3c2)=CC1=N.Nc1ccc(-c2cccnc2)c2ccccc12. The summed E-state index contributed by atoms with van der Waals surface area (Å²) in [6.45, 7) is 0. The number of hydrogen-bond donors (Lipinski definition) is 3. The molecule has 278 valence electrons. The van der Waals surface area contributed by atoms with Crippen molar-refractivity contribution < 1.29 is 0 Å². The molecule has 59 heavy (non-hydrogen) atoms. The van der Waals surface area contributed by atoms with E-state index < -0.39 is 0 Å². The van der Waals surface area contributed by atoms with Crippen LogP contribution in [0.15, 0.2) is 207 Å². The molecule has 4 nitrogen and oxygen atoms in total. The molecule has 10 aromatic rings. The maximum atomic E-state index is 8.26. The van der Waals surface area contributed by atoms with Crippen molar-refractivity contribution in [1.82, 2.24) is 4.98 Å². The number of anilines is 1. The summed E-state index contributed by atoms with van der Waals surface area (Å²) >= 11 is 0. The van der Waals surface area contributed by atoms with Crippen molar-refractivity contribution >= 4 is 76.5 Å². The minimum Gasteiger partial charge on any atom is -0.398 e. The van der Waals surface area contributed by atoms with Crippen LogP contribution in [0, 0.1) is 10.8 Å². The van der Waals surface area contributed by atoms with Gasteiger partial charge >= 0.3 is 0 Å². The van der Waals surface area contributed by atoms with Gasteiger partial charge in [0.25, 0.3) is 0 Å². The van der Waals surface area contributed by atoms with E-state index in [0.29, 0.717) is 0 Å². The molecule has 1 aromatic heterocycles. The minimum absolute atomic E-state index is 0.234. The van der Waals surface area contributed by atoms with E-state index in [1.807, 2.05) is 42.6 Å². The first-order valence-corrected chi connectivity index (χ1v) is 19.7. The molecule has 0 bridgehead atoms. The maximum absolute atomic E-state index is 8.26. The highest BCUT2D eigenvalue weighted by molar-refractivity contribution is 6.50. The van der Waals surface area contributed by atoms with Crippen molar-refractivity contribution in [2.24, 2.45) is 0 Å². The Morgan fingerprint density at radius 1 is 0.390 bits per heavy atom. The van der Waals surface area contributed by atoms with Gasteiger partial charge < -0.3 is 5.73 Å². The molecule has 0 aliphatic heterocycles. The highest BCUT2D eigenvalue weighted by Gasteiger charge is 2.19. The number of nitrogens with two attached hydrogens (primary N) is 1. The Bertz CT molecular complexity index is 3380. The second kappa shape index (κ2) is 14.8. The Morgan fingerprint density at radius 2 is 0.949 bits per heavy atom. The normalized spacial score (nSPS) is 12.6. The summed E-state index contributed by atoms with van der Waals surface area (Å²) < 4.78 is 0. The standard InChI is InChI=1S/C40H26N2.C15H12N2/c41-37-20-18-30(24-38(37)42)29-17-19-35-36(23-29)40(32-16-14-26-8-2-4-10-28(26)22-32)34-12-6-5-11-33(34)39(35)31-15-13-25-7-1-3-9-27(25)21-31;16-15-8-7-12(11-4-3-9-17-10-11)13-5-1-2-6-14(13)15/h1-24,41-42H;1-10H,16H2. The summed E-state index contributed by atoms with van der Waals surface area (Å²) in [6.07, 6.45) is 9.11. The van der Waals surface area contributed by atoms with Gasteiger partial charge in [-0.3, -0.25) is 15.8 Å². The van der Waals surface area contributed by atoms with E-state index in [0.717, 1.165) is 27.8 Å². The van der Waals surface area contributed by atoms with E-state index in [1.54, 1.807) is 18.3 Å². The van der Waals surface area contributed by atoms with Gasteiger partial charge in [-0.1, -0.05) is 152 Å². The molecular weight excluding hydrogens is 717 g/mol. The summed E-state index contributed by atoms with van der Waals surface area (Å²) in [5.41, 5.74) is 16.4. The monoisotopic (exact) mass is 754 g/mol. The number of pyridine rings is 1. The van der Waals surface area contributed by atoms with Crippen molar-refractivity contribution in [2.45, 2.75) is 0 Å². The van der Waals surface area contributed by atoms with Crippen LogP contribution in [-0.2, 0) is 0 Å². The molecule has 0 saturated heterocycles. The number of fused-ring (bicyclic) bond motifs is 5. The number of hydrogen-bond acceptors (Lipinski definition) is 4. The number of allylic oxidation sites excluding steroid dienone is 4. The number of rotatable bonds is 4. The van der Waals surface area contributed by atoms with E-state index >= 15 is 0 Å². The second-order valence-electron chi connectivity index (χ2n) is 14.9. The topological polar surface area (TPSA) is 86.6 Å². The number of nitrogen functional groups attached to an aromatic ring is 1. The van der Waals surface area contributed by atoms with Gasteiger partial charge in [-0.05, 0) is 130 Å². The molecule has 0 atom stereocenters. The number of nitrogens with zero attached hydrogens (tertiary/aromatic N) is 1. The Balaban J connectivity index is 0.000000206. The quantitative estimate of drug-likeness (QED) is 0.0949. The van der Waals surface area contributed by atoms with Gasteiger partial charge in [0.1, 0.15) is 0 Å². The molecule has 1 aliphatic carbocycles. The molecule has 4 N–H and O–H groups in total. The summed E-state index contributed by atoms with van der Waals surface area (Å²) in [5, 5.41) is 28.2. The highest BCUT2D eigenvalue weighted by atomic mass is 14.6. The first-order chi connectivity index (χ1) is 29.0. The number of aromatic nitrogens is 1. The van der Waals surface area contributed by atoms with E-state index in [-0.39, 0.29) is 11.4 Å². The minimum atomic E-state index is 0.234. The van der Waals surface area contributed by atoms with E-state index in [4.69, 9.17) is 16.6 Å². The number of nitrogens with one attached hydrogen (secondary N) is 2. The van der Waals surface area contributed by atoms with Crippen molar-refractivity contribution in [3.63, 3.8) is 0 Å². The fourth-order valence-corrected chi connectivity index (χ4v) is 8.49. The fraction of sp³-hybridized carbons (Fsp3) is 0. The molecule has 0 unspecified atom stereocenters. The molecule has 0 fully saturated rings. The van der Waals surface area contributed by atoms with Crippen LogP contribution < -0.4 is 5.73 Å². The van der Waals surface area contributed by atoms with Gasteiger partial charge in [-0.2, -0.15) is 0 Å². The van der Waals surface area contributed by atoms with Crippen LogP contribution in [0.3, 0.4) is 0 Å². The lowest BCUT2D eigenvalue weighted by molar-refractivity contribution is 1.33. The summed E-state index contributed by atoms with van der Waals surface area (Å²) in [6, 6.07) is 62.2. The Hall–Kier alpha value is -7.95. The van der Waals surface area contributed by atoms with Crippen LogP contribution in [0.4, 0.5) is 5.69 Å². The lowest BCUT2D eigenvalue weighted by Gasteiger charge is -2.20. The van der Waals surface area contributed by atoms with Gasteiger partial charge in [0.05, 0.1) is 11.4 Å². The van der Waals surface area contributed by atoms with Crippen LogP contribution in [0.1, 0.15) is 5.56 Å². The first-order valence-electron chi connectivity index (χ1n) is 19.7. The van der Waals surface area contributed by atoms with Crippen molar-refractivity contribution in [3.8, 4) is 33.4 Å². The summed E-state index contributed by atoms with van der Waals surface area (Å²) in [4.78, 5) is 4.16. The average molecular weight is 755 g/mol. The first kappa shape index (κ1) is 35.5. The summed E-state index contributed by atoms with van der Waals surface area (Å²) in [7, 11) is 0. The van der Waals surface area contributed by atoms with Gasteiger partial charge in [0.2, 0.25) is 0 Å². The van der Waals surface area contributed by atoms with Gasteiger partial charge in [0, 0.05) is 29.0 Å². The number of benzene rings is 9. The van der Waals surface area contributed by atoms with Crippen molar-refractivity contribution in [2.75, 3.05) is 5.73 Å². The molecule has 1 aliphatic rings. The zero-order chi connectivity index (χ0) is 39.9. The maximum Gasteiger partial charge on any atom is 0.0795 e. The van der Waals surface area contributed by atoms with Crippen molar-refractivity contribution in [1.29, 1.82) is 10.8 Å². The van der Waals surface area contributed by atoms with Crippen LogP contribution in [0.25, 0.3) is 92.8 Å². The third kappa shape index (κ3) is 6.53. The molecule has 11 rings (SSSR count). The zero-order valence-corrected chi connectivity index (χ0v) is 32.2. The Kier molecular flexibility index (Phi) is 8.93. The smallest absolute Gasteiger partial charge is 0.0795 e. The van der Waals surface area contributed by atoms with Crippen LogP contribution in [0.5, 0.6) is 0 Å². The average Bonchev–Trinajstić information content (AvgIpc) is 3.29. The largest absolute Gasteiger partial charge is 0.398 e. The molecule has 0 spiro atoms. The lowest BCUT2D eigenvalue weighted by atomic mass is 9.84. The molecule has 4 heteroatoms. The predicted octanol–water partition coefficient (Wildman–Crippen LogP) is 14.1. The zero-order valence-electron chi connectivity index (χ0n) is 32.2. The van der Waals surface area contributed by atoms with E-state index in [1.165, 1.54) is 76.3 Å². The molecule has 9 aromatic carbocycles. The van der Waals surface area contributed by atoms with Gasteiger partial charge in [0.15, 0.2) is 0 Å². The predicted molar refractivity (Wildman–Crippen MR) is 251 cm³/mol. The van der Waals surface area contributed by atoms with Crippen molar-refractivity contribution in [3.05, 3.63) is 212 Å². The molecule has 0 amide bonds. The fourth-order valence-electron chi connectivity index (χ4n) is 8.49. The molecule has 1 heterocycles. The Morgan fingerprint density at radius 3 is 1.58 bits per heavy atom. The highest BCUT2D eigenvalue weighted by Crippen LogP contribution is 2.45. The van der Waals surface area contributed by atoms with Crippen LogP contribution >= 0.6 is 0 Å². The molecule has 0 saturated carbocycles.